The fourth-order valence-electron chi connectivity index (χ4n) is 1.27. The molecule has 1 rings (SSSR count). The van der Waals surface area contributed by atoms with Crippen LogP contribution in [0.2, 0.25) is 0 Å². The lowest BCUT2D eigenvalue weighted by Gasteiger charge is -2.12. The Kier molecular flexibility index (Phi) is 4.34. The third-order valence-corrected chi connectivity index (χ3v) is 3.66. The summed E-state index contributed by atoms with van der Waals surface area (Å²) in [5.41, 5.74) is 1.23. The summed E-state index contributed by atoms with van der Waals surface area (Å²) in [5, 5.41) is 0.135. The molecule has 17 heavy (non-hydrogen) atoms. The molecule has 0 saturated heterocycles. The van der Waals surface area contributed by atoms with E-state index in [9.17, 15) is 9.59 Å². The second-order valence-corrected chi connectivity index (χ2v) is 5.06. The van der Waals surface area contributed by atoms with E-state index in [0.29, 0.717) is 16.4 Å². The summed E-state index contributed by atoms with van der Waals surface area (Å²) in [4.78, 5) is 27.4. The maximum Gasteiger partial charge on any atom is 0.318 e. The van der Waals surface area contributed by atoms with Crippen molar-refractivity contribution in [1.29, 1.82) is 0 Å². The van der Waals surface area contributed by atoms with Crippen molar-refractivity contribution in [2.45, 2.75) is 31.2 Å². The van der Waals surface area contributed by atoms with E-state index in [1.807, 2.05) is 0 Å². The van der Waals surface area contributed by atoms with E-state index in [4.69, 9.17) is 0 Å². The fraction of sp³-hybridized carbons (Fsp3) is 0.545. The van der Waals surface area contributed by atoms with Crippen LogP contribution in [0.25, 0.3) is 0 Å². The van der Waals surface area contributed by atoms with E-state index in [2.05, 4.69) is 9.72 Å². The standard InChI is InChI=1S/C11H16N2O3S/c1-6-7(2)12-11(13(4)9(6)14)17-8(3)10(15)16-5/h8H,1-5H3. The van der Waals surface area contributed by atoms with Crippen molar-refractivity contribution in [3.63, 3.8) is 0 Å². The Labute approximate surface area is 104 Å². The van der Waals surface area contributed by atoms with E-state index >= 15 is 0 Å². The molecule has 0 aliphatic heterocycles. The minimum atomic E-state index is -0.389. The summed E-state index contributed by atoms with van der Waals surface area (Å²) in [5.74, 6) is -0.331. The highest BCUT2D eigenvalue weighted by atomic mass is 32.2. The second kappa shape index (κ2) is 5.35. The molecule has 1 unspecified atom stereocenters. The lowest BCUT2D eigenvalue weighted by atomic mass is 10.3. The second-order valence-electron chi connectivity index (χ2n) is 3.75. The van der Waals surface area contributed by atoms with Gasteiger partial charge in [0, 0.05) is 18.3 Å². The number of methoxy groups -OCH3 is 1. The van der Waals surface area contributed by atoms with E-state index in [1.54, 1.807) is 27.8 Å². The summed E-state index contributed by atoms with van der Waals surface area (Å²) in [6, 6.07) is 0. The van der Waals surface area contributed by atoms with Crippen LogP contribution in [-0.4, -0.2) is 27.9 Å². The monoisotopic (exact) mass is 256 g/mol. The molecule has 0 N–H and O–H groups in total. The molecule has 1 aromatic heterocycles. The van der Waals surface area contributed by atoms with Gasteiger partial charge in [0.05, 0.1) is 7.11 Å². The topological polar surface area (TPSA) is 61.2 Å². The number of carbonyl (C=O) groups is 1. The zero-order valence-corrected chi connectivity index (χ0v) is 11.4. The fourth-order valence-corrected chi connectivity index (χ4v) is 2.21. The number of nitrogens with zero attached hydrogens (tertiary/aromatic N) is 2. The molecule has 6 heteroatoms. The SMILES string of the molecule is COC(=O)C(C)Sc1nc(C)c(C)c(=O)n1C. The number of thioether (sulfide) groups is 1. The molecule has 5 nitrogen and oxygen atoms in total. The third-order valence-electron chi connectivity index (χ3n) is 2.53. The van der Waals surface area contributed by atoms with Gasteiger partial charge in [0.1, 0.15) is 5.25 Å². The highest BCUT2D eigenvalue weighted by Crippen LogP contribution is 2.21. The Bertz CT molecular complexity index is 496. The van der Waals surface area contributed by atoms with Crippen LogP contribution in [0.1, 0.15) is 18.2 Å². The Morgan fingerprint density at radius 2 is 2.06 bits per heavy atom. The lowest BCUT2D eigenvalue weighted by Crippen LogP contribution is -2.25. The molecule has 0 aromatic carbocycles. The van der Waals surface area contributed by atoms with Gasteiger partial charge in [0.25, 0.3) is 5.56 Å². The van der Waals surface area contributed by atoms with Gasteiger partial charge in [-0.2, -0.15) is 0 Å². The molecule has 0 aliphatic carbocycles. The predicted molar refractivity (Wildman–Crippen MR) is 66.3 cm³/mol. The largest absolute Gasteiger partial charge is 0.468 e. The lowest BCUT2D eigenvalue weighted by molar-refractivity contribution is -0.139. The number of rotatable bonds is 3. The first-order valence-corrected chi connectivity index (χ1v) is 6.05. The van der Waals surface area contributed by atoms with Crippen molar-refractivity contribution in [3.05, 3.63) is 21.6 Å². The van der Waals surface area contributed by atoms with Crippen LogP contribution in [0.3, 0.4) is 0 Å². The van der Waals surface area contributed by atoms with E-state index in [-0.39, 0.29) is 16.8 Å². The molecule has 0 aliphatic rings. The van der Waals surface area contributed by atoms with Gasteiger partial charge in [-0.1, -0.05) is 11.8 Å². The zero-order chi connectivity index (χ0) is 13.2. The highest BCUT2D eigenvalue weighted by molar-refractivity contribution is 8.00. The average molecular weight is 256 g/mol. The van der Waals surface area contributed by atoms with E-state index < -0.39 is 0 Å². The molecule has 0 spiro atoms. The van der Waals surface area contributed by atoms with Crippen LogP contribution < -0.4 is 5.56 Å². The van der Waals surface area contributed by atoms with Crippen LogP contribution in [-0.2, 0) is 16.6 Å². The number of aryl methyl sites for hydroxylation is 1. The molecule has 0 bridgehead atoms. The average Bonchev–Trinajstić information content (AvgIpc) is 2.32. The maximum atomic E-state index is 11.8. The van der Waals surface area contributed by atoms with Crippen LogP contribution >= 0.6 is 11.8 Å². The number of hydrogen-bond donors (Lipinski definition) is 0. The molecule has 1 atom stereocenters. The van der Waals surface area contributed by atoms with E-state index in [0.717, 1.165) is 0 Å². The van der Waals surface area contributed by atoms with Crippen LogP contribution in [0.5, 0.6) is 0 Å². The molecular weight excluding hydrogens is 240 g/mol. The van der Waals surface area contributed by atoms with Crippen LogP contribution in [0, 0.1) is 13.8 Å². The molecule has 0 radical (unpaired) electrons. The molecule has 0 amide bonds. The summed E-state index contributed by atoms with van der Waals surface area (Å²) >= 11 is 1.22. The number of aromatic nitrogens is 2. The predicted octanol–water partition coefficient (Wildman–Crippen LogP) is 1.05. The van der Waals surface area contributed by atoms with Gasteiger partial charge in [-0.25, -0.2) is 4.98 Å². The maximum absolute atomic E-state index is 11.8. The normalized spacial score (nSPS) is 12.3. The summed E-state index contributed by atoms with van der Waals surface area (Å²) in [6.07, 6.45) is 0. The van der Waals surface area contributed by atoms with Crippen LogP contribution in [0.15, 0.2) is 9.95 Å². The number of carbonyl (C=O) groups excluding carboxylic acids is 1. The smallest absolute Gasteiger partial charge is 0.318 e. The van der Waals surface area contributed by atoms with Crippen molar-refractivity contribution in [2.75, 3.05) is 7.11 Å². The number of hydrogen-bond acceptors (Lipinski definition) is 5. The van der Waals surface area contributed by atoms with Crippen molar-refractivity contribution in [1.82, 2.24) is 9.55 Å². The Morgan fingerprint density at radius 3 is 2.59 bits per heavy atom. The van der Waals surface area contributed by atoms with Crippen molar-refractivity contribution < 1.29 is 9.53 Å². The van der Waals surface area contributed by atoms with Gasteiger partial charge in [-0.15, -0.1) is 0 Å². The van der Waals surface area contributed by atoms with Gasteiger partial charge in [-0.05, 0) is 20.8 Å². The van der Waals surface area contributed by atoms with E-state index in [1.165, 1.54) is 23.4 Å². The quantitative estimate of drug-likeness (QED) is 0.459. The Hall–Kier alpha value is -1.30. The molecule has 94 valence electrons. The first kappa shape index (κ1) is 13.8. The van der Waals surface area contributed by atoms with Crippen LogP contribution in [0.4, 0.5) is 0 Å². The van der Waals surface area contributed by atoms with Gasteiger partial charge >= 0.3 is 5.97 Å². The summed E-state index contributed by atoms with van der Waals surface area (Å²) in [7, 11) is 2.99. The number of esters is 1. The molecule has 1 aromatic rings. The number of ether oxygens (including phenoxy) is 1. The summed E-state index contributed by atoms with van der Waals surface area (Å²) < 4.78 is 6.08. The Balaban J connectivity index is 3.08. The minimum Gasteiger partial charge on any atom is -0.468 e. The first-order chi connectivity index (χ1) is 7.88. The summed E-state index contributed by atoms with van der Waals surface area (Å²) in [6.45, 7) is 5.24. The van der Waals surface area contributed by atoms with Gasteiger partial charge in [0.15, 0.2) is 5.16 Å². The van der Waals surface area contributed by atoms with Crippen molar-refractivity contribution in [2.24, 2.45) is 7.05 Å². The third kappa shape index (κ3) is 2.88. The molecule has 1 heterocycles. The van der Waals surface area contributed by atoms with Crippen molar-refractivity contribution in [3.8, 4) is 0 Å². The van der Waals surface area contributed by atoms with Gasteiger partial charge in [-0.3, -0.25) is 14.2 Å². The van der Waals surface area contributed by atoms with Crippen molar-refractivity contribution >= 4 is 17.7 Å². The molecule has 0 fully saturated rings. The van der Waals surface area contributed by atoms with Gasteiger partial charge in [0.2, 0.25) is 0 Å². The molecular formula is C11H16N2O3S. The Morgan fingerprint density at radius 1 is 1.47 bits per heavy atom. The first-order valence-electron chi connectivity index (χ1n) is 5.17. The molecule has 0 saturated carbocycles. The minimum absolute atomic E-state index is 0.0861. The zero-order valence-electron chi connectivity index (χ0n) is 10.6. The van der Waals surface area contributed by atoms with Gasteiger partial charge < -0.3 is 4.74 Å². The highest BCUT2D eigenvalue weighted by Gasteiger charge is 2.18.